The summed E-state index contributed by atoms with van der Waals surface area (Å²) >= 11 is 1.45. The molecule has 0 saturated heterocycles. The lowest BCUT2D eigenvalue weighted by molar-refractivity contribution is -0.115. The van der Waals surface area contributed by atoms with Crippen LogP contribution in [0.25, 0.3) is 22.5 Å². The van der Waals surface area contributed by atoms with E-state index in [-0.39, 0.29) is 12.3 Å². The van der Waals surface area contributed by atoms with Gasteiger partial charge in [-0.25, -0.2) is 9.78 Å². The highest BCUT2D eigenvalue weighted by Gasteiger charge is 2.17. The summed E-state index contributed by atoms with van der Waals surface area (Å²) in [5, 5.41) is 3.49. The van der Waals surface area contributed by atoms with Crippen LogP contribution in [0.5, 0.6) is 11.5 Å². The number of hydrogen-bond acceptors (Lipinski definition) is 7. The first-order valence-corrected chi connectivity index (χ1v) is 12.5. The number of carbonyl (C=O) groups excluding carboxylic acids is 2. The number of esters is 1. The number of H-pyrrole nitrogens is 1. The van der Waals surface area contributed by atoms with Gasteiger partial charge < -0.3 is 24.5 Å². The van der Waals surface area contributed by atoms with Crippen molar-refractivity contribution >= 4 is 29.3 Å². The third-order valence-electron chi connectivity index (χ3n) is 5.60. The average molecular weight is 518 g/mol. The highest BCUT2D eigenvalue weighted by molar-refractivity contribution is 7.99. The Balaban J connectivity index is 1.49. The summed E-state index contributed by atoms with van der Waals surface area (Å²) in [5.74, 6) is 1.31. The Morgan fingerprint density at radius 1 is 0.865 bits per heavy atom. The fourth-order valence-electron chi connectivity index (χ4n) is 3.68. The number of ether oxygens (including phenoxy) is 3. The molecule has 0 bridgehead atoms. The Morgan fingerprint density at radius 2 is 1.49 bits per heavy atom. The van der Waals surface area contributed by atoms with E-state index in [1.54, 1.807) is 38.5 Å². The molecule has 0 radical (unpaired) electrons. The van der Waals surface area contributed by atoms with Crippen molar-refractivity contribution in [1.82, 2.24) is 9.97 Å². The quantitative estimate of drug-likeness (QED) is 0.206. The SMILES string of the molecule is COC(=O)c1ccccc1NC(=O)CCSc1nc(-c2ccc(OC)cc2)c(-c2ccc(OC)cc2)[nH]1. The molecule has 8 nitrogen and oxygen atoms in total. The molecule has 0 spiro atoms. The van der Waals surface area contributed by atoms with Crippen LogP contribution >= 0.6 is 11.8 Å². The number of amides is 1. The number of nitrogens with one attached hydrogen (secondary N) is 2. The van der Waals surface area contributed by atoms with Gasteiger partial charge in [-0.2, -0.15) is 0 Å². The molecule has 190 valence electrons. The lowest BCUT2D eigenvalue weighted by Crippen LogP contribution is -2.15. The van der Waals surface area contributed by atoms with E-state index >= 15 is 0 Å². The van der Waals surface area contributed by atoms with E-state index in [0.717, 1.165) is 34.0 Å². The number of rotatable bonds is 10. The molecular weight excluding hydrogens is 490 g/mol. The van der Waals surface area contributed by atoms with E-state index in [1.807, 2.05) is 48.5 Å². The second-order valence-electron chi connectivity index (χ2n) is 7.91. The van der Waals surface area contributed by atoms with Gasteiger partial charge in [0, 0.05) is 23.3 Å². The summed E-state index contributed by atoms with van der Waals surface area (Å²) in [6.45, 7) is 0. The second-order valence-corrected chi connectivity index (χ2v) is 8.99. The normalized spacial score (nSPS) is 10.6. The summed E-state index contributed by atoms with van der Waals surface area (Å²) in [4.78, 5) is 32.8. The number of hydrogen-bond donors (Lipinski definition) is 2. The van der Waals surface area contributed by atoms with E-state index in [4.69, 9.17) is 19.2 Å². The molecule has 4 aromatic rings. The van der Waals surface area contributed by atoms with Gasteiger partial charge in [-0.1, -0.05) is 23.9 Å². The molecule has 0 aliphatic heterocycles. The molecule has 0 aliphatic rings. The maximum atomic E-state index is 12.6. The number of carbonyl (C=O) groups is 2. The molecule has 0 unspecified atom stereocenters. The molecule has 0 aliphatic carbocycles. The highest BCUT2D eigenvalue weighted by Crippen LogP contribution is 2.34. The van der Waals surface area contributed by atoms with Gasteiger partial charge in [-0.05, 0) is 60.7 Å². The van der Waals surface area contributed by atoms with Crippen molar-refractivity contribution in [2.75, 3.05) is 32.4 Å². The molecule has 1 heterocycles. The zero-order valence-electron chi connectivity index (χ0n) is 20.7. The van der Waals surface area contributed by atoms with Gasteiger partial charge in [0.2, 0.25) is 5.91 Å². The molecule has 4 rings (SSSR count). The molecule has 0 saturated carbocycles. The van der Waals surface area contributed by atoms with Gasteiger partial charge >= 0.3 is 5.97 Å². The van der Waals surface area contributed by atoms with Crippen molar-refractivity contribution in [2.45, 2.75) is 11.6 Å². The summed E-state index contributed by atoms with van der Waals surface area (Å²) < 4.78 is 15.4. The van der Waals surface area contributed by atoms with E-state index in [2.05, 4.69) is 10.3 Å². The molecule has 1 amide bonds. The standard InChI is InChI=1S/C28H27N3O5S/c1-34-20-12-8-18(9-13-20)25-26(19-10-14-21(35-2)15-11-19)31-28(30-25)37-17-16-24(32)29-23-7-5-4-6-22(23)27(33)36-3/h4-15H,16-17H2,1-3H3,(H,29,32)(H,30,31). The number of benzene rings is 3. The number of aromatic nitrogens is 2. The fraction of sp³-hybridized carbons (Fsp3) is 0.179. The number of imidazole rings is 1. The third-order valence-corrected chi connectivity index (χ3v) is 6.47. The topological polar surface area (TPSA) is 103 Å². The van der Waals surface area contributed by atoms with Gasteiger partial charge in [-0.15, -0.1) is 0 Å². The summed E-state index contributed by atoms with van der Waals surface area (Å²) in [6, 6.07) is 22.2. The van der Waals surface area contributed by atoms with Crippen molar-refractivity contribution in [3.8, 4) is 34.0 Å². The molecule has 0 fully saturated rings. The minimum absolute atomic E-state index is 0.207. The van der Waals surface area contributed by atoms with Crippen molar-refractivity contribution in [3.05, 3.63) is 78.4 Å². The number of anilines is 1. The van der Waals surface area contributed by atoms with Crippen LogP contribution in [0.15, 0.2) is 78.0 Å². The molecular formula is C28H27N3O5S. The summed E-state index contributed by atoms with van der Waals surface area (Å²) in [6.07, 6.45) is 0.233. The second kappa shape index (κ2) is 12.1. The Kier molecular flexibility index (Phi) is 8.48. The van der Waals surface area contributed by atoms with Crippen LogP contribution in [0.2, 0.25) is 0 Å². The maximum absolute atomic E-state index is 12.6. The van der Waals surface area contributed by atoms with Crippen LogP contribution in [0.4, 0.5) is 5.69 Å². The molecule has 3 aromatic carbocycles. The Morgan fingerprint density at radius 3 is 2.11 bits per heavy atom. The Labute approximate surface area is 219 Å². The molecule has 9 heteroatoms. The average Bonchev–Trinajstić information content (AvgIpc) is 3.37. The van der Waals surface area contributed by atoms with Gasteiger partial charge in [0.1, 0.15) is 11.5 Å². The minimum atomic E-state index is -0.502. The number of nitrogens with zero attached hydrogens (tertiary/aromatic N) is 1. The van der Waals surface area contributed by atoms with Crippen LogP contribution in [-0.2, 0) is 9.53 Å². The zero-order chi connectivity index (χ0) is 26.2. The number of para-hydroxylation sites is 1. The van der Waals surface area contributed by atoms with E-state index < -0.39 is 5.97 Å². The van der Waals surface area contributed by atoms with E-state index in [9.17, 15) is 9.59 Å². The zero-order valence-corrected chi connectivity index (χ0v) is 21.6. The Hall–Kier alpha value is -4.24. The van der Waals surface area contributed by atoms with Gasteiger partial charge in [-0.3, -0.25) is 4.79 Å². The highest BCUT2D eigenvalue weighted by atomic mass is 32.2. The molecule has 2 N–H and O–H groups in total. The van der Waals surface area contributed by atoms with Crippen molar-refractivity contribution < 1.29 is 23.8 Å². The van der Waals surface area contributed by atoms with E-state index in [0.29, 0.717) is 22.2 Å². The van der Waals surface area contributed by atoms with Crippen molar-refractivity contribution in [3.63, 3.8) is 0 Å². The number of thioether (sulfide) groups is 1. The first kappa shape index (κ1) is 25.8. The first-order valence-electron chi connectivity index (χ1n) is 11.5. The molecule has 37 heavy (non-hydrogen) atoms. The monoisotopic (exact) mass is 517 g/mol. The molecule has 0 atom stereocenters. The van der Waals surface area contributed by atoms with E-state index in [1.165, 1.54) is 18.9 Å². The van der Waals surface area contributed by atoms with Gasteiger partial charge in [0.15, 0.2) is 5.16 Å². The van der Waals surface area contributed by atoms with Crippen LogP contribution in [0.3, 0.4) is 0 Å². The lowest BCUT2D eigenvalue weighted by atomic mass is 10.0. The van der Waals surface area contributed by atoms with Gasteiger partial charge in [0.25, 0.3) is 0 Å². The van der Waals surface area contributed by atoms with Crippen LogP contribution in [0.1, 0.15) is 16.8 Å². The Bertz CT molecular complexity index is 1300. The number of methoxy groups -OCH3 is 3. The summed E-state index contributed by atoms with van der Waals surface area (Å²) in [5.41, 5.74) is 4.30. The predicted molar refractivity (Wildman–Crippen MR) is 144 cm³/mol. The van der Waals surface area contributed by atoms with Gasteiger partial charge in [0.05, 0.1) is 44.0 Å². The minimum Gasteiger partial charge on any atom is -0.497 e. The predicted octanol–water partition coefficient (Wildman–Crippen LogP) is 5.67. The maximum Gasteiger partial charge on any atom is 0.339 e. The van der Waals surface area contributed by atoms with Crippen LogP contribution in [0, 0.1) is 0 Å². The smallest absolute Gasteiger partial charge is 0.339 e. The summed E-state index contributed by atoms with van der Waals surface area (Å²) in [7, 11) is 4.57. The fourth-order valence-corrected chi connectivity index (χ4v) is 4.49. The first-order chi connectivity index (χ1) is 18.0. The van der Waals surface area contributed by atoms with Crippen LogP contribution in [-0.4, -0.2) is 48.9 Å². The lowest BCUT2D eigenvalue weighted by Gasteiger charge is -2.09. The molecule has 1 aromatic heterocycles. The number of aromatic amines is 1. The van der Waals surface area contributed by atoms with Crippen LogP contribution < -0.4 is 14.8 Å². The third kappa shape index (κ3) is 6.31. The van der Waals surface area contributed by atoms with Crippen molar-refractivity contribution in [2.24, 2.45) is 0 Å². The van der Waals surface area contributed by atoms with Crippen molar-refractivity contribution in [1.29, 1.82) is 0 Å². The largest absolute Gasteiger partial charge is 0.497 e.